The first-order valence-electron chi connectivity index (χ1n) is 10.2. The highest BCUT2D eigenvalue weighted by Gasteiger charge is 2.28. The molecule has 1 heterocycles. The largest absolute Gasteiger partial charge is 0.459 e. The van der Waals surface area contributed by atoms with E-state index in [0.717, 1.165) is 36.1 Å². The predicted octanol–water partition coefficient (Wildman–Crippen LogP) is 4.38. The molecule has 1 aromatic heterocycles. The van der Waals surface area contributed by atoms with Gasteiger partial charge in [0.2, 0.25) is 5.91 Å². The van der Waals surface area contributed by atoms with Crippen LogP contribution in [0.15, 0.2) is 35.2 Å². The molecule has 30 heavy (non-hydrogen) atoms. The molecule has 1 atom stereocenters. The van der Waals surface area contributed by atoms with Crippen LogP contribution in [-0.4, -0.2) is 32.2 Å². The Labute approximate surface area is 181 Å². The molecule has 0 saturated heterocycles. The van der Waals surface area contributed by atoms with E-state index in [4.69, 9.17) is 4.74 Å². The van der Waals surface area contributed by atoms with Crippen LogP contribution >= 0.6 is 11.3 Å². The number of aryl methyl sites for hydroxylation is 1. The van der Waals surface area contributed by atoms with E-state index in [2.05, 4.69) is 5.32 Å². The van der Waals surface area contributed by atoms with Gasteiger partial charge in [-0.1, -0.05) is 25.1 Å². The Bertz CT molecular complexity index is 1010. The first-order valence-corrected chi connectivity index (χ1v) is 12.7. The average molecular weight is 450 g/mol. The van der Waals surface area contributed by atoms with Crippen LogP contribution in [0.4, 0.5) is 5.00 Å². The number of hydrogen-bond acceptors (Lipinski definition) is 6. The number of nitrogens with one attached hydrogen (secondary N) is 1. The molecule has 0 fully saturated rings. The minimum absolute atomic E-state index is 0.181. The van der Waals surface area contributed by atoms with Gasteiger partial charge in [-0.25, -0.2) is 13.2 Å². The summed E-state index contributed by atoms with van der Waals surface area (Å²) >= 11 is 1.40. The zero-order valence-corrected chi connectivity index (χ0v) is 18.9. The van der Waals surface area contributed by atoms with Crippen molar-refractivity contribution >= 4 is 38.1 Å². The number of rotatable bonds is 8. The van der Waals surface area contributed by atoms with E-state index in [0.29, 0.717) is 17.0 Å². The Morgan fingerprint density at radius 2 is 1.87 bits per heavy atom. The molecule has 1 aliphatic rings. The number of esters is 1. The number of sulfone groups is 1. The molecule has 0 aliphatic heterocycles. The van der Waals surface area contributed by atoms with Gasteiger partial charge in [-0.15, -0.1) is 11.3 Å². The molecule has 8 heteroatoms. The molecule has 0 radical (unpaired) electrons. The molecule has 3 rings (SSSR count). The molecule has 2 aromatic rings. The number of amides is 1. The summed E-state index contributed by atoms with van der Waals surface area (Å²) in [4.78, 5) is 26.6. The molecule has 6 nitrogen and oxygen atoms in total. The van der Waals surface area contributed by atoms with Crippen LogP contribution in [0, 0.1) is 0 Å². The second-order valence-electron chi connectivity index (χ2n) is 7.47. The van der Waals surface area contributed by atoms with Gasteiger partial charge in [0.25, 0.3) is 0 Å². The number of ether oxygens (including phenoxy) is 1. The van der Waals surface area contributed by atoms with Crippen LogP contribution in [0.25, 0.3) is 0 Å². The SMILES string of the molecule is CC[C@H](C)OC(=O)c1c(NC(=O)CCS(=O)(=O)c2ccccc2)sc2c1CCCC2. The van der Waals surface area contributed by atoms with Crippen LogP contribution in [0.1, 0.15) is 60.3 Å². The summed E-state index contributed by atoms with van der Waals surface area (Å²) in [6.45, 7) is 3.78. The van der Waals surface area contributed by atoms with Gasteiger partial charge in [0, 0.05) is 11.3 Å². The van der Waals surface area contributed by atoms with E-state index in [1.807, 2.05) is 13.8 Å². The lowest BCUT2D eigenvalue weighted by molar-refractivity contribution is -0.115. The van der Waals surface area contributed by atoms with Crippen molar-refractivity contribution in [1.29, 1.82) is 0 Å². The fraction of sp³-hybridized carbons (Fsp3) is 0.455. The quantitative estimate of drug-likeness (QED) is 0.604. The van der Waals surface area contributed by atoms with Crippen LogP contribution in [0.5, 0.6) is 0 Å². The van der Waals surface area contributed by atoms with Crippen LogP contribution in [-0.2, 0) is 32.2 Å². The number of hydrogen-bond donors (Lipinski definition) is 1. The van der Waals surface area contributed by atoms with E-state index >= 15 is 0 Å². The molecule has 1 amide bonds. The molecular formula is C22H27NO5S2. The van der Waals surface area contributed by atoms with Gasteiger partial charge in [0.05, 0.1) is 22.3 Å². The van der Waals surface area contributed by atoms with Gasteiger partial charge in [0.1, 0.15) is 5.00 Å². The van der Waals surface area contributed by atoms with E-state index in [1.54, 1.807) is 18.2 Å². The van der Waals surface area contributed by atoms with Crippen LogP contribution in [0.3, 0.4) is 0 Å². The van der Waals surface area contributed by atoms with Gasteiger partial charge in [-0.05, 0) is 56.7 Å². The van der Waals surface area contributed by atoms with Crippen LogP contribution < -0.4 is 5.32 Å². The Balaban J connectivity index is 1.74. The number of fused-ring (bicyclic) bond motifs is 1. The van der Waals surface area contributed by atoms with Crippen molar-refractivity contribution in [2.24, 2.45) is 0 Å². The summed E-state index contributed by atoms with van der Waals surface area (Å²) in [5, 5.41) is 3.25. The topological polar surface area (TPSA) is 89.5 Å². The lowest BCUT2D eigenvalue weighted by Gasteiger charge is -2.15. The lowest BCUT2D eigenvalue weighted by Crippen LogP contribution is -2.20. The average Bonchev–Trinajstić information content (AvgIpc) is 3.10. The zero-order chi connectivity index (χ0) is 21.7. The standard InChI is InChI=1S/C22H27NO5S2/c1-3-15(2)28-22(25)20-17-11-7-8-12-18(17)29-21(20)23-19(24)13-14-30(26,27)16-9-5-4-6-10-16/h4-6,9-10,15H,3,7-8,11-14H2,1-2H3,(H,23,24)/t15-/m0/s1. The highest BCUT2D eigenvalue weighted by molar-refractivity contribution is 7.91. The number of carbonyl (C=O) groups is 2. The summed E-state index contributed by atoms with van der Waals surface area (Å²) < 4.78 is 30.4. The van der Waals surface area contributed by atoms with E-state index in [9.17, 15) is 18.0 Å². The third-order valence-corrected chi connectivity index (χ3v) is 8.15. The number of anilines is 1. The van der Waals surface area contributed by atoms with E-state index in [1.165, 1.54) is 23.5 Å². The zero-order valence-electron chi connectivity index (χ0n) is 17.3. The van der Waals surface area contributed by atoms with Crippen molar-refractivity contribution in [2.75, 3.05) is 11.1 Å². The summed E-state index contributed by atoms with van der Waals surface area (Å²) in [7, 11) is -3.54. The molecule has 1 N–H and O–H groups in total. The van der Waals surface area contributed by atoms with Crippen LogP contribution in [0.2, 0.25) is 0 Å². The monoisotopic (exact) mass is 449 g/mol. The Kier molecular flexibility index (Phi) is 7.31. The van der Waals surface area contributed by atoms with Crippen molar-refractivity contribution < 1.29 is 22.7 Å². The summed E-state index contributed by atoms with van der Waals surface area (Å²) in [6, 6.07) is 8.08. The van der Waals surface area contributed by atoms with Gasteiger partial charge in [-0.3, -0.25) is 4.79 Å². The lowest BCUT2D eigenvalue weighted by atomic mass is 9.95. The Morgan fingerprint density at radius 3 is 2.57 bits per heavy atom. The second-order valence-corrected chi connectivity index (χ2v) is 10.7. The molecule has 0 unspecified atom stereocenters. The second kappa shape index (κ2) is 9.75. The van der Waals surface area contributed by atoms with Crippen molar-refractivity contribution in [1.82, 2.24) is 0 Å². The van der Waals surface area contributed by atoms with Crippen molar-refractivity contribution in [2.45, 2.75) is 63.4 Å². The first kappa shape index (κ1) is 22.5. The molecule has 0 spiro atoms. The number of benzene rings is 1. The Hall–Kier alpha value is -2.19. The van der Waals surface area contributed by atoms with Gasteiger partial charge in [0.15, 0.2) is 9.84 Å². The maximum Gasteiger partial charge on any atom is 0.341 e. The highest BCUT2D eigenvalue weighted by Crippen LogP contribution is 2.39. The van der Waals surface area contributed by atoms with Crippen molar-refractivity contribution in [3.05, 3.63) is 46.3 Å². The molecular weight excluding hydrogens is 422 g/mol. The minimum Gasteiger partial charge on any atom is -0.459 e. The number of thiophene rings is 1. The third-order valence-electron chi connectivity index (χ3n) is 5.21. The molecule has 1 aromatic carbocycles. The molecule has 1 aliphatic carbocycles. The van der Waals surface area contributed by atoms with Crippen molar-refractivity contribution in [3.8, 4) is 0 Å². The smallest absolute Gasteiger partial charge is 0.341 e. The normalized spacial score (nSPS) is 14.6. The minimum atomic E-state index is -3.54. The Morgan fingerprint density at radius 1 is 1.17 bits per heavy atom. The van der Waals surface area contributed by atoms with E-state index < -0.39 is 21.7 Å². The van der Waals surface area contributed by atoms with E-state index in [-0.39, 0.29) is 23.2 Å². The van der Waals surface area contributed by atoms with Gasteiger partial charge in [-0.2, -0.15) is 0 Å². The van der Waals surface area contributed by atoms with Gasteiger partial charge >= 0.3 is 5.97 Å². The number of carbonyl (C=O) groups excluding carboxylic acids is 2. The maximum absolute atomic E-state index is 12.8. The fourth-order valence-electron chi connectivity index (χ4n) is 3.36. The highest BCUT2D eigenvalue weighted by atomic mass is 32.2. The van der Waals surface area contributed by atoms with Gasteiger partial charge < -0.3 is 10.1 Å². The summed E-state index contributed by atoms with van der Waals surface area (Å²) in [6.07, 6.45) is 4.02. The fourth-order valence-corrected chi connectivity index (χ4v) is 5.91. The third kappa shape index (κ3) is 5.29. The molecule has 0 bridgehead atoms. The molecule has 162 valence electrons. The summed E-state index contributed by atoms with van der Waals surface area (Å²) in [5.74, 6) is -1.14. The molecule has 0 saturated carbocycles. The first-order chi connectivity index (χ1) is 14.3. The van der Waals surface area contributed by atoms with Crippen molar-refractivity contribution in [3.63, 3.8) is 0 Å². The summed E-state index contributed by atoms with van der Waals surface area (Å²) in [5.41, 5.74) is 1.40. The predicted molar refractivity (Wildman–Crippen MR) is 118 cm³/mol. The maximum atomic E-state index is 12.8.